The van der Waals surface area contributed by atoms with E-state index in [0.717, 1.165) is 25.9 Å². The van der Waals surface area contributed by atoms with E-state index in [0.29, 0.717) is 24.1 Å². The van der Waals surface area contributed by atoms with Gasteiger partial charge in [-0.2, -0.15) is 11.3 Å². The van der Waals surface area contributed by atoms with Crippen molar-refractivity contribution in [2.45, 2.75) is 32.2 Å². The second-order valence-electron chi connectivity index (χ2n) is 5.32. The molecule has 1 fully saturated rings. The molecule has 0 atom stereocenters. The van der Waals surface area contributed by atoms with Gasteiger partial charge in [-0.15, -0.1) is 0 Å². The van der Waals surface area contributed by atoms with Crippen LogP contribution in [0.4, 0.5) is 4.79 Å². The van der Waals surface area contributed by atoms with Gasteiger partial charge in [-0.3, -0.25) is 0 Å². The number of hydrogen-bond donors (Lipinski definition) is 1. The number of thiophene rings is 1. The minimum atomic E-state index is -0.0205. The largest absolute Gasteiger partial charge is 0.444 e. The third-order valence-corrected chi connectivity index (χ3v) is 4.58. The van der Waals surface area contributed by atoms with Gasteiger partial charge in [-0.05, 0) is 41.1 Å². The third-order valence-electron chi connectivity index (χ3n) is 3.88. The molecular weight excluding hydrogens is 286 g/mol. The van der Waals surface area contributed by atoms with E-state index in [9.17, 15) is 4.79 Å². The topological polar surface area (TPSA) is 58.4 Å². The number of amides is 2. The highest BCUT2D eigenvalue weighted by Gasteiger charge is 2.23. The van der Waals surface area contributed by atoms with Crippen LogP contribution in [-0.2, 0) is 6.54 Å². The van der Waals surface area contributed by atoms with Crippen molar-refractivity contribution in [2.24, 2.45) is 0 Å². The lowest BCUT2D eigenvalue weighted by molar-refractivity contribution is 0.180. The number of hydrogen-bond acceptors (Lipinski definition) is 4. The molecule has 1 aliphatic heterocycles. The first-order valence-electron chi connectivity index (χ1n) is 7.18. The summed E-state index contributed by atoms with van der Waals surface area (Å²) >= 11 is 1.74. The van der Waals surface area contributed by atoms with Gasteiger partial charge < -0.3 is 14.6 Å². The Morgan fingerprint density at radius 2 is 2.33 bits per heavy atom. The molecule has 3 rings (SSSR count). The Labute approximate surface area is 128 Å². The lowest BCUT2D eigenvalue weighted by atomic mass is 9.91. The maximum absolute atomic E-state index is 12.1. The summed E-state index contributed by atoms with van der Waals surface area (Å²) in [6.45, 7) is 3.80. The molecule has 2 aromatic rings. The number of aromatic nitrogens is 1. The Bertz CT molecular complexity index is 586. The van der Waals surface area contributed by atoms with Crippen molar-refractivity contribution in [1.82, 2.24) is 15.2 Å². The normalized spacial score (nSPS) is 16.1. The fourth-order valence-electron chi connectivity index (χ4n) is 2.68. The lowest BCUT2D eigenvalue weighted by Crippen LogP contribution is -2.43. The Kier molecular flexibility index (Phi) is 4.24. The molecule has 0 aromatic carbocycles. The summed E-state index contributed by atoms with van der Waals surface area (Å²) in [5.41, 5.74) is 1.41. The number of aryl methyl sites for hydroxylation is 1. The zero-order valence-electron chi connectivity index (χ0n) is 12.0. The van der Waals surface area contributed by atoms with Crippen molar-refractivity contribution >= 4 is 17.4 Å². The first-order valence-corrected chi connectivity index (χ1v) is 8.13. The molecule has 2 aromatic heterocycles. The van der Waals surface area contributed by atoms with Gasteiger partial charge in [-0.25, -0.2) is 9.78 Å². The number of carbonyl (C=O) groups excluding carboxylic acids is 1. The monoisotopic (exact) mass is 305 g/mol. The Morgan fingerprint density at radius 1 is 1.52 bits per heavy atom. The van der Waals surface area contributed by atoms with E-state index >= 15 is 0 Å². The van der Waals surface area contributed by atoms with Crippen molar-refractivity contribution in [3.05, 3.63) is 40.2 Å². The molecule has 1 aliphatic rings. The summed E-state index contributed by atoms with van der Waals surface area (Å²) in [6.07, 6.45) is 3.72. The molecule has 6 heteroatoms. The molecule has 0 bridgehead atoms. The van der Waals surface area contributed by atoms with Gasteiger partial charge in [0.25, 0.3) is 0 Å². The average Bonchev–Trinajstić information content (AvgIpc) is 3.16. The van der Waals surface area contributed by atoms with Gasteiger partial charge in [0.05, 0.1) is 12.7 Å². The van der Waals surface area contributed by atoms with Gasteiger partial charge in [0.15, 0.2) is 5.89 Å². The van der Waals surface area contributed by atoms with Crippen LogP contribution in [0.15, 0.2) is 27.4 Å². The summed E-state index contributed by atoms with van der Waals surface area (Å²) < 4.78 is 5.34. The fraction of sp³-hybridized carbons (Fsp3) is 0.467. The van der Waals surface area contributed by atoms with Crippen LogP contribution in [0.1, 0.15) is 36.0 Å². The second kappa shape index (κ2) is 6.30. The predicted octanol–water partition coefficient (Wildman–Crippen LogP) is 3.13. The van der Waals surface area contributed by atoms with Crippen molar-refractivity contribution in [1.29, 1.82) is 0 Å². The van der Waals surface area contributed by atoms with Gasteiger partial charge in [-0.1, -0.05) is 0 Å². The maximum atomic E-state index is 12.1. The average molecular weight is 305 g/mol. The first kappa shape index (κ1) is 14.1. The third kappa shape index (κ3) is 3.44. The second-order valence-corrected chi connectivity index (χ2v) is 6.10. The van der Waals surface area contributed by atoms with E-state index in [1.54, 1.807) is 24.5 Å². The molecular formula is C15H19N3O2S. The fourth-order valence-corrected chi connectivity index (χ4v) is 3.43. The van der Waals surface area contributed by atoms with Crippen molar-refractivity contribution in [3.63, 3.8) is 0 Å². The highest BCUT2D eigenvalue weighted by Crippen LogP contribution is 2.29. The lowest BCUT2D eigenvalue weighted by Gasteiger charge is -2.31. The van der Waals surface area contributed by atoms with Gasteiger partial charge in [0.1, 0.15) is 5.76 Å². The molecule has 21 heavy (non-hydrogen) atoms. The summed E-state index contributed by atoms with van der Waals surface area (Å²) in [5.74, 6) is 1.90. The summed E-state index contributed by atoms with van der Waals surface area (Å²) in [7, 11) is 0. The van der Waals surface area contributed by atoms with E-state index in [1.165, 1.54) is 5.56 Å². The van der Waals surface area contributed by atoms with Crippen LogP contribution in [0.25, 0.3) is 0 Å². The molecule has 0 spiro atoms. The first-order chi connectivity index (χ1) is 10.2. The van der Waals surface area contributed by atoms with Gasteiger partial charge >= 0.3 is 6.03 Å². The number of urea groups is 1. The minimum absolute atomic E-state index is 0.0205. The molecule has 5 nitrogen and oxygen atoms in total. The zero-order chi connectivity index (χ0) is 14.7. The number of likely N-dealkylation sites (tertiary alicyclic amines) is 1. The summed E-state index contributed by atoms with van der Waals surface area (Å²) in [4.78, 5) is 18.0. The van der Waals surface area contributed by atoms with Crippen LogP contribution in [0.2, 0.25) is 0 Å². The maximum Gasteiger partial charge on any atom is 0.317 e. The van der Waals surface area contributed by atoms with E-state index in [4.69, 9.17) is 4.42 Å². The minimum Gasteiger partial charge on any atom is -0.444 e. The van der Waals surface area contributed by atoms with Crippen LogP contribution < -0.4 is 5.32 Å². The molecule has 2 amide bonds. The molecule has 3 heterocycles. The zero-order valence-corrected chi connectivity index (χ0v) is 12.9. The number of rotatable bonds is 3. The predicted molar refractivity (Wildman–Crippen MR) is 81.3 cm³/mol. The van der Waals surface area contributed by atoms with Crippen molar-refractivity contribution in [3.8, 4) is 0 Å². The quantitative estimate of drug-likeness (QED) is 0.947. The summed E-state index contributed by atoms with van der Waals surface area (Å²) in [6, 6.07) is 2.17. The molecule has 0 aliphatic carbocycles. The van der Waals surface area contributed by atoms with E-state index in [2.05, 4.69) is 27.1 Å². The molecule has 1 N–H and O–H groups in total. The van der Waals surface area contributed by atoms with Crippen LogP contribution in [0.3, 0.4) is 0 Å². The molecule has 0 unspecified atom stereocenters. The van der Waals surface area contributed by atoms with Crippen LogP contribution in [0, 0.1) is 6.92 Å². The number of piperidine rings is 1. The van der Waals surface area contributed by atoms with Gasteiger partial charge in [0.2, 0.25) is 0 Å². The van der Waals surface area contributed by atoms with E-state index < -0.39 is 0 Å². The summed E-state index contributed by atoms with van der Waals surface area (Å²) in [5, 5.41) is 7.22. The standard InChI is InChI=1S/C15H19N3O2S/c1-11-16-8-14(20-11)9-17-15(19)18-5-2-12(3-6-18)13-4-7-21-10-13/h4,7-8,10,12H,2-3,5-6,9H2,1H3,(H,17,19). The van der Waals surface area contributed by atoms with E-state index in [1.807, 2.05) is 4.90 Å². The molecule has 1 saturated heterocycles. The van der Waals surface area contributed by atoms with E-state index in [-0.39, 0.29) is 6.03 Å². The Balaban J connectivity index is 1.46. The number of nitrogens with zero attached hydrogens (tertiary/aromatic N) is 2. The number of oxazole rings is 1. The van der Waals surface area contributed by atoms with Crippen LogP contribution >= 0.6 is 11.3 Å². The Morgan fingerprint density at radius 3 is 2.95 bits per heavy atom. The molecule has 112 valence electrons. The molecule has 0 radical (unpaired) electrons. The number of carbonyl (C=O) groups is 1. The Hall–Kier alpha value is -1.82. The number of nitrogens with one attached hydrogen (secondary N) is 1. The molecule has 0 saturated carbocycles. The SMILES string of the molecule is Cc1ncc(CNC(=O)N2CCC(c3ccsc3)CC2)o1. The highest BCUT2D eigenvalue weighted by atomic mass is 32.1. The van der Waals surface area contributed by atoms with Crippen molar-refractivity contribution < 1.29 is 9.21 Å². The van der Waals surface area contributed by atoms with Crippen LogP contribution in [0.5, 0.6) is 0 Å². The smallest absolute Gasteiger partial charge is 0.317 e. The highest BCUT2D eigenvalue weighted by molar-refractivity contribution is 7.07. The van der Waals surface area contributed by atoms with Crippen LogP contribution in [-0.4, -0.2) is 29.0 Å². The van der Waals surface area contributed by atoms with Gasteiger partial charge in [0, 0.05) is 20.0 Å². The van der Waals surface area contributed by atoms with Crippen molar-refractivity contribution in [2.75, 3.05) is 13.1 Å².